The van der Waals surface area contributed by atoms with Gasteiger partial charge in [0.2, 0.25) is 15.9 Å². The Kier molecular flexibility index (Phi) is 5.19. The maximum absolute atomic E-state index is 12.1. The standard InChI is InChI=1S/C16H20N4O3S2/c1-20-9-8-13-14(10-20)24-16(18-13)19-15(21)7-4-11-2-5-12(6-3-11)25(17,22)23/h2-3,5-6H,4,7-10H2,1H3,(H2,17,22,23)(H,18,19,21). The number of primary sulfonamides is 1. The summed E-state index contributed by atoms with van der Waals surface area (Å²) in [4.78, 5) is 20.1. The summed E-state index contributed by atoms with van der Waals surface area (Å²) in [6, 6.07) is 6.25. The molecule has 1 aromatic heterocycles. The van der Waals surface area contributed by atoms with Crippen LogP contribution in [0.1, 0.15) is 22.6 Å². The predicted molar refractivity (Wildman–Crippen MR) is 96.9 cm³/mol. The van der Waals surface area contributed by atoms with Crippen molar-refractivity contribution in [3.05, 3.63) is 40.4 Å². The number of anilines is 1. The van der Waals surface area contributed by atoms with Crippen molar-refractivity contribution >= 4 is 32.4 Å². The largest absolute Gasteiger partial charge is 0.302 e. The van der Waals surface area contributed by atoms with Crippen LogP contribution in [0, 0.1) is 0 Å². The Bertz CT molecular complexity index is 875. The van der Waals surface area contributed by atoms with Gasteiger partial charge in [-0.15, -0.1) is 11.3 Å². The maximum Gasteiger partial charge on any atom is 0.238 e. The average molecular weight is 380 g/mol. The maximum atomic E-state index is 12.1. The molecule has 0 aliphatic carbocycles. The van der Waals surface area contributed by atoms with Crippen molar-refractivity contribution in [3.63, 3.8) is 0 Å². The van der Waals surface area contributed by atoms with E-state index in [0.717, 1.165) is 30.8 Å². The molecular weight excluding hydrogens is 360 g/mol. The van der Waals surface area contributed by atoms with Gasteiger partial charge in [0.1, 0.15) is 0 Å². The van der Waals surface area contributed by atoms with Crippen molar-refractivity contribution in [1.29, 1.82) is 0 Å². The van der Waals surface area contributed by atoms with E-state index in [9.17, 15) is 13.2 Å². The van der Waals surface area contributed by atoms with Gasteiger partial charge < -0.3 is 10.2 Å². The van der Waals surface area contributed by atoms with Crippen molar-refractivity contribution in [2.24, 2.45) is 5.14 Å². The summed E-state index contributed by atoms with van der Waals surface area (Å²) in [6.07, 6.45) is 1.73. The van der Waals surface area contributed by atoms with Crippen molar-refractivity contribution in [1.82, 2.24) is 9.88 Å². The molecule has 1 amide bonds. The molecule has 0 unspecified atom stereocenters. The van der Waals surface area contributed by atoms with Crippen molar-refractivity contribution < 1.29 is 13.2 Å². The van der Waals surface area contributed by atoms with Crippen molar-refractivity contribution in [2.75, 3.05) is 18.9 Å². The zero-order chi connectivity index (χ0) is 18.0. The Labute approximate surface area is 150 Å². The van der Waals surface area contributed by atoms with Gasteiger partial charge >= 0.3 is 0 Å². The molecule has 0 fully saturated rings. The highest BCUT2D eigenvalue weighted by Gasteiger charge is 2.19. The zero-order valence-electron chi connectivity index (χ0n) is 13.9. The topological polar surface area (TPSA) is 105 Å². The monoisotopic (exact) mass is 380 g/mol. The quantitative estimate of drug-likeness (QED) is 0.814. The number of nitrogens with one attached hydrogen (secondary N) is 1. The number of nitrogens with two attached hydrogens (primary N) is 1. The lowest BCUT2D eigenvalue weighted by molar-refractivity contribution is -0.116. The highest BCUT2D eigenvalue weighted by Crippen LogP contribution is 2.27. The third-order valence-corrected chi connectivity index (χ3v) is 5.99. The molecule has 3 N–H and O–H groups in total. The number of benzene rings is 1. The van der Waals surface area contributed by atoms with E-state index >= 15 is 0 Å². The highest BCUT2D eigenvalue weighted by atomic mass is 32.2. The summed E-state index contributed by atoms with van der Waals surface area (Å²) in [5.41, 5.74) is 1.96. The molecule has 7 nitrogen and oxygen atoms in total. The lowest BCUT2D eigenvalue weighted by Gasteiger charge is -2.20. The molecular formula is C16H20N4O3S2. The average Bonchev–Trinajstić information content (AvgIpc) is 2.93. The van der Waals surface area contributed by atoms with E-state index in [4.69, 9.17) is 5.14 Å². The Morgan fingerprint density at radius 3 is 2.76 bits per heavy atom. The Hall–Kier alpha value is -1.81. The van der Waals surface area contributed by atoms with Gasteiger partial charge in [0.05, 0.1) is 10.6 Å². The molecule has 1 aliphatic heterocycles. The van der Waals surface area contributed by atoms with Gasteiger partial charge in [-0.3, -0.25) is 4.79 Å². The molecule has 1 aromatic carbocycles. The summed E-state index contributed by atoms with van der Waals surface area (Å²) in [5, 5.41) is 8.57. The van der Waals surface area contributed by atoms with E-state index in [1.165, 1.54) is 28.3 Å². The van der Waals surface area contributed by atoms with Crippen LogP contribution in [0.4, 0.5) is 5.13 Å². The second kappa shape index (κ2) is 7.20. The molecule has 0 radical (unpaired) electrons. The minimum Gasteiger partial charge on any atom is -0.302 e. The lowest BCUT2D eigenvalue weighted by atomic mass is 10.1. The molecule has 2 heterocycles. The number of aromatic nitrogens is 1. The number of fused-ring (bicyclic) bond motifs is 1. The number of hydrogen-bond donors (Lipinski definition) is 2. The first-order valence-corrected chi connectivity index (χ1v) is 10.3. The van der Waals surface area contributed by atoms with E-state index in [-0.39, 0.29) is 10.8 Å². The number of aryl methyl sites for hydroxylation is 1. The molecule has 2 aromatic rings. The van der Waals surface area contributed by atoms with E-state index < -0.39 is 10.0 Å². The minimum atomic E-state index is -3.69. The molecule has 0 bridgehead atoms. The number of amides is 1. The number of sulfonamides is 1. The molecule has 0 spiro atoms. The summed E-state index contributed by atoms with van der Waals surface area (Å²) in [6.45, 7) is 1.86. The van der Waals surface area contributed by atoms with Crippen molar-refractivity contribution in [3.8, 4) is 0 Å². The third kappa shape index (κ3) is 4.63. The van der Waals surface area contributed by atoms with Crippen LogP contribution in [0.3, 0.4) is 0 Å². The first-order valence-electron chi connectivity index (χ1n) is 7.90. The Morgan fingerprint density at radius 1 is 1.36 bits per heavy atom. The molecule has 0 saturated heterocycles. The zero-order valence-corrected chi connectivity index (χ0v) is 15.5. The fourth-order valence-corrected chi connectivity index (χ4v) is 4.28. The third-order valence-electron chi connectivity index (χ3n) is 4.06. The number of nitrogens with zero attached hydrogens (tertiary/aromatic N) is 2. The number of likely N-dealkylation sites (N-methyl/N-ethyl adjacent to an activating group) is 1. The SMILES string of the molecule is CN1CCc2nc(NC(=O)CCc3ccc(S(N)(=O)=O)cc3)sc2C1. The van der Waals surface area contributed by atoms with Gasteiger partial charge in [-0.05, 0) is 31.2 Å². The van der Waals surface area contributed by atoms with E-state index in [0.29, 0.717) is 18.0 Å². The fraction of sp³-hybridized carbons (Fsp3) is 0.375. The number of hydrogen-bond acceptors (Lipinski definition) is 6. The second-order valence-corrected chi connectivity index (χ2v) is 8.76. The van der Waals surface area contributed by atoms with Crippen molar-refractivity contribution in [2.45, 2.75) is 30.7 Å². The van der Waals surface area contributed by atoms with Gasteiger partial charge in [-0.2, -0.15) is 0 Å². The summed E-state index contributed by atoms with van der Waals surface area (Å²) in [5.74, 6) is -0.102. The number of carbonyl (C=O) groups excluding carboxylic acids is 1. The van der Waals surface area contributed by atoms with Gasteiger partial charge in [-0.1, -0.05) is 12.1 Å². The van der Waals surface area contributed by atoms with Gasteiger partial charge in [-0.25, -0.2) is 18.5 Å². The normalized spacial score (nSPS) is 15.0. The molecule has 0 saturated carbocycles. The molecule has 1 aliphatic rings. The highest BCUT2D eigenvalue weighted by molar-refractivity contribution is 7.89. The summed E-state index contributed by atoms with van der Waals surface area (Å²) < 4.78 is 22.4. The first kappa shape index (κ1) is 18.0. The summed E-state index contributed by atoms with van der Waals surface area (Å²) in [7, 11) is -1.62. The Morgan fingerprint density at radius 2 is 2.08 bits per heavy atom. The van der Waals surface area contributed by atoms with Gasteiger partial charge in [0, 0.05) is 30.8 Å². The second-order valence-electron chi connectivity index (χ2n) is 6.11. The number of thiazole rings is 1. The van der Waals surface area contributed by atoms with Crippen LogP contribution in [0.25, 0.3) is 0 Å². The van der Waals surface area contributed by atoms with Crippen LogP contribution in [0.15, 0.2) is 29.2 Å². The van der Waals surface area contributed by atoms with Crippen LogP contribution in [0.5, 0.6) is 0 Å². The van der Waals surface area contributed by atoms with Crippen LogP contribution in [-0.2, 0) is 34.2 Å². The molecule has 134 valence electrons. The summed E-state index contributed by atoms with van der Waals surface area (Å²) >= 11 is 1.53. The predicted octanol–water partition coefficient (Wildman–Crippen LogP) is 1.35. The molecule has 0 atom stereocenters. The van der Waals surface area contributed by atoms with Crippen LogP contribution < -0.4 is 10.5 Å². The molecule has 25 heavy (non-hydrogen) atoms. The van der Waals surface area contributed by atoms with E-state index in [1.54, 1.807) is 12.1 Å². The number of carbonyl (C=O) groups is 1. The van der Waals surface area contributed by atoms with E-state index in [1.807, 2.05) is 0 Å². The lowest BCUT2D eigenvalue weighted by Crippen LogP contribution is -2.25. The van der Waals surface area contributed by atoms with E-state index in [2.05, 4.69) is 22.2 Å². The van der Waals surface area contributed by atoms with Gasteiger partial charge in [0.25, 0.3) is 0 Å². The van der Waals surface area contributed by atoms with Gasteiger partial charge in [0.15, 0.2) is 5.13 Å². The Balaban J connectivity index is 1.55. The van der Waals surface area contributed by atoms with Crippen LogP contribution >= 0.6 is 11.3 Å². The minimum absolute atomic E-state index is 0.0686. The van der Waals surface area contributed by atoms with Crippen LogP contribution in [-0.4, -0.2) is 37.8 Å². The number of rotatable bonds is 5. The molecule has 9 heteroatoms. The molecule has 3 rings (SSSR count). The smallest absolute Gasteiger partial charge is 0.238 e. The van der Waals surface area contributed by atoms with Crippen LogP contribution in [0.2, 0.25) is 0 Å². The first-order chi connectivity index (χ1) is 11.8. The fourth-order valence-electron chi connectivity index (χ4n) is 2.66.